The molecule has 6 nitrogen and oxygen atoms in total. The Bertz CT molecular complexity index is 1320. The third-order valence-electron chi connectivity index (χ3n) is 8.68. The van der Waals surface area contributed by atoms with E-state index in [1.165, 1.54) is 32.1 Å². The molecule has 0 atom stereocenters. The third kappa shape index (κ3) is 5.90. The summed E-state index contributed by atoms with van der Waals surface area (Å²) >= 11 is 6.57. The first-order chi connectivity index (χ1) is 18.3. The van der Waals surface area contributed by atoms with Crippen molar-refractivity contribution < 1.29 is 9.59 Å². The maximum atomic E-state index is 12.8. The monoisotopic (exact) mass is 534 g/mol. The largest absolute Gasteiger partial charge is 0.352 e. The zero-order chi connectivity index (χ0) is 26.7. The van der Waals surface area contributed by atoms with Gasteiger partial charge in [-0.3, -0.25) is 9.59 Å². The van der Waals surface area contributed by atoms with Crippen molar-refractivity contribution in [3.05, 3.63) is 63.9 Å². The molecule has 7 heteroatoms. The second-order valence-corrected chi connectivity index (χ2v) is 12.0. The fourth-order valence-corrected chi connectivity index (χ4v) is 6.29. The number of nitrogens with one attached hydrogen (secondary N) is 2. The zero-order valence-electron chi connectivity index (χ0n) is 22.6. The SMILES string of the molecule is Cn1c(Cc2cc(CNC(=O)C3(C)CCCC3)ccc2Cl)nc2cc(C(=O)NCC3CCCCC3)ccc21. The van der Waals surface area contributed by atoms with E-state index < -0.39 is 0 Å². The van der Waals surface area contributed by atoms with Crippen LogP contribution in [0.4, 0.5) is 0 Å². The van der Waals surface area contributed by atoms with Crippen LogP contribution in [0.25, 0.3) is 11.0 Å². The van der Waals surface area contributed by atoms with E-state index in [2.05, 4.69) is 28.2 Å². The predicted molar refractivity (Wildman–Crippen MR) is 152 cm³/mol. The van der Waals surface area contributed by atoms with Gasteiger partial charge in [-0.1, -0.05) is 62.8 Å². The number of carbonyl (C=O) groups excluding carboxylic acids is 2. The molecule has 3 aromatic rings. The minimum absolute atomic E-state index is 0.0334. The highest BCUT2D eigenvalue weighted by Crippen LogP contribution is 2.37. The minimum atomic E-state index is -0.242. The molecule has 0 aliphatic heterocycles. The van der Waals surface area contributed by atoms with Gasteiger partial charge in [0.2, 0.25) is 5.91 Å². The van der Waals surface area contributed by atoms with Crippen LogP contribution in [0.5, 0.6) is 0 Å². The molecule has 0 bridgehead atoms. The van der Waals surface area contributed by atoms with Crippen LogP contribution in [0.1, 0.15) is 92.0 Å². The number of rotatable bonds is 8. The van der Waals surface area contributed by atoms with E-state index in [9.17, 15) is 9.59 Å². The molecule has 5 rings (SSSR count). The zero-order valence-corrected chi connectivity index (χ0v) is 23.4. The first kappa shape index (κ1) is 26.7. The van der Waals surface area contributed by atoms with Crippen molar-refractivity contribution in [1.29, 1.82) is 0 Å². The molecule has 2 aliphatic rings. The number of benzene rings is 2. The average Bonchev–Trinajstić information content (AvgIpc) is 3.51. The summed E-state index contributed by atoms with van der Waals surface area (Å²) in [5.74, 6) is 1.58. The molecule has 0 radical (unpaired) electrons. The van der Waals surface area contributed by atoms with Crippen molar-refractivity contribution >= 4 is 34.4 Å². The van der Waals surface area contributed by atoms with Gasteiger partial charge < -0.3 is 15.2 Å². The molecule has 202 valence electrons. The van der Waals surface area contributed by atoms with Gasteiger partial charge in [0, 0.05) is 42.6 Å². The van der Waals surface area contributed by atoms with Gasteiger partial charge in [-0.2, -0.15) is 0 Å². The van der Waals surface area contributed by atoms with Crippen LogP contribution in [0.3, 0.4) is 0 Å². The number of hydrogen-bond acceptors (Lipinski definition) is 3. The smallest absolute Gasteiger partial charge is 0.251 e. The quantitative estimate of drug-likeness (QED) is 0.355. The molecule has 0 unspecified atom stereocenters. The topological polar surface area (TPSA) is 76.0 Å². The number of aromatic nitrogens is 2. The highest BCUT2D eigenvalue weighted by atomic mass is 35.5. The van der Waals surface area contributed by atoms with Gasteiger partial charge in [0.1, 0.15) is 5.82 Å². The Morgan fingerprint density at radius 2 is 1.79 bits per heavy atom. The van der Waals surface area contributed by atoms with Crippen LogP contribution >= 0.6 is 11.6 Å². The lowest BCUT2D eigenvalue weighted by Gasteiger charge is -2.22. The predicted octanol–water partition coefficient (Wildman–Crippen LogP) is 6.32. The van der Waals surface area contributed by atoms with Gasteiger partial charge in [0.05, 0.1) is 11.0 Å². The molecule has 0 spiro atoms. The Kier molecular flexibility index (Phi) is 8.08. The van der Waals surface area contributed by atoms with Crippen LogP contribution in [-0.2, 0) is 24.8 Å². The lowest BCUT2D eigenvalue weighted by Crippen LogP contribution is -2.36. The van der Waals surface area contributed by atoms with Crippen LogP contribution in [0.15, 0.2) is 36.4 Å². The number of imidazole rings is 1. The van der Waals surface area contributed by atoms with Crippen LogP contribution < -0.4 is 10.6 Å². The Hall–Kier alpha value is -2.86. The summed E-state index contributed by atoms with van der Waals surface area (Å²) in [4.78, 5) is 30.4. The van der Waals surface area contributed by atoms with Crippen molar-refractivity contribution in [1.82, 2.24) is 20.2 Å². The first-order valence-corrected chi connectivity index (χ1v) is 14.5. The third-order valence-corrected chi connectivity index (χ3v) is 9.05. The Balaban J connectivity index is 1.26. The number of halogens is 1. The normalized spacial score (nSPS) is 17.6. The number of amides is 2. The molecule has 2 aliphatic carbocycles. The molecule has 2 amide bonds. The van der Waals surface area contributed by atoms with Crippen molar-refractivity contribution in [2.75, 3.05) is 6.54 Å². The molecule has 2 aromatic carbocycles. The summed E-state index contributed by atoms with van der Waals surface area (Å²) in [5, 5.41) is 6.94. The fourth-order valence-electron chi connectivity index (χ4n) is 6.10. The van der Waals surface area contributed by atoms with Gasteiger partial charge in [0.15, 0.2) is 0 Å². The van der Waals surface area contributed by atoms with Crippen molar-refractivity contribution in [2.45, 2.75) is 77.7 Å². The van der Waals surface area contributed by atoms with E-state index in [0.717, 1.165) is 60.2 Å². The average molecular weight is 535 g/mol. The van der Waals surface area contributed by atoms with E-state index >= 15 is 0 Å². The second-order valence-electron chi connectivity index (χ2n) is 11.6. The van der Waals surface area contributed by atoms with Crippen molar-refractivity contribution in [2.24, 2.45) is 18.4 Å². The Morgan fingerprint density at radius 1 is 1.03 bits per heavy atom. The molecular weight excluding hydrogens is 496 g/mol. The summed E-state index contributed by atoms with van der Waals surface area (Å²) in [7, 11) is 1.99. The molecule has 0 saturated heterocycles. The number of nitrogens with zero attached hydrogens (tertiary/aromatic N) is 2. The molecule has 2 N–H and O–H groups in total. The molecular formula is C31H39ClN4O2. The molecule has 1 heterocycles. The van der Waals surface area contributed by atoms with Crippen molar-refractivity contribution in [3.8, 4) is 0 Å². The van der Waals surface area contributed by atoms with Crippen LogP contribution in [0, 0.1) is 11.3 Å². The van der Waals surface area contributed by atoms with Gasteiger partial charge in [-0.25, -0.2) is 4.98 Å². The van der Waals surface area contributed by atoms with E-state index in [-0.39, 0.29) is 17.2 Å². The van der Waals surface area contributed by atoms with Crippen molar-refractivity contribution in [3.63, 3.8) is 0 Å². The lowest BCUT2D eigenvalue weighted by molar-refractivity contribution is -0.130. The molecule has 2 fully saturated rings. The summed E-state index contributed by atoms with van der Waals surface area (Å²) < 4.78 is 2.06. The molecule has 1 aromatic heterocycles. The summed E-state index contributed by atoms with van der Waals surface area (Å²) in [6.45, 7) is 3.31. The standard InChI is InChI=1S/C31H39ClN4O2/c1-31(14-6-7-15-31)30(38)34-20-22-10-12-25(32)24(16-22)18-28-35-26-17-23(11-13-27(26)36(28)2)29(37)33-19-21-8-4-3-5-9-21/h10-13,16-17,21H,3-9,14-15,18-20H2,1-2H3,(H,33,37)(H,34,38). The highest BCUT2D eigenvalue weighted by molar-refractivity contribution is 6.31. The second kappa shape index (κ2) is 11.5. The summed E-state index contributed by atoms with van der Waals surface area (Å²) in [6.07, 6.45) is 11.0. The Labute approximate surface area is 230 Å². The van der Waals surface area contributed by atoms with Crippen LogP contribution in [-0.4, -0.2) is 27.9 Å². The maximum Gasteiger partial charge on any atom is 0.251 e. The van der Waals surface area contributed by atoms with E-state index in [0.29, 0.717) is 29.5 Å². The van der Waals surface area contributed by atoms with Crippen LogP contribution in [0.2, 0.25) is 5.02 Å². The number of carbonyl (C=O) groups is 2. The molecule has 38 heavy (non-hydrogen) atoms. The van der Waals surface area contributed by atoms with Gasteiger partial charge in [-0.05, 0) is 67.0 Å². The number of hydrogen-bond donors (Lipinski definition) is 2. The van der Waals surface area contributed by atoms with Gasteiger partial charge in [-0.15, -0.1) is 0 Å². The minimum Gasteiger partial charge on any atom is -0.352 e. The summed E-state index contributed by atoms with van der Waals surface area (Å²) in [6, 6.07) is 11.7. The number of aryl methyl sites for hydroxylation is 1. The summed E-state index contributed by atoms with van der Waals surface area (Å²) in [5.41, 5.74) is 4.17. The van der Waals surface area contributed by atoms with E-state index in [1.54, 1.807) is 0 Å². The fraction of sp³-hybridized carbons (Fsp3) is 0.516. The highest BCUT2D eigenvalue weighted by Gasteiger charge is 2.35. The number of fused-ring (bicyclic) bond motifs is 1. The maximum absolute atomic E-state index is 12.8. The lowest BCUT2D eigenvalue weighted by atomic mass is 9.88. The Morgan fingerprint density at radius 3 is 2.55 bits per heavy atom. The van der Waals surface area contributed by atoms with E-state index in [1.807, 2.05) is 37.4 Å². The van der Waals surface area contributed by atoms with E-state index in [4.69, 9.17) is 16.6 Å². The first-order valence-electron chi connectivity index (χ1n) is 14.1. The van der Waals surface area contributed by atoms with Gasteiger partial charge in [0.25, 0.3) is 5.91 Å². The van der Waals surface area contributed by atoms with Gasteiger partial charge >= 0.3 is 0 Å². The molecule has 2 saturated carbocycles.